The van der Waals surface area contributed by atoms with E-state index in [9.17, 15) is 26.8 Å². The van der Waals surface area contributed by atoms with Crippen LogP contribution in [0.15, 0.2) is 36.4 Å². The Morgan fingerprint density at radius 1 is 0.750 bits per heavy atom. The van der Waals surface area contributed by atoms with Crippen LogP contribution in [0, 0.1) is 11.6 Å². The Morgan fingerprint density at radius 3 is 1.50 bits per heavy atom. The van der Waals surface area contributed by atoms with E-state index in [2.05, 4.69) is 0 Å². The van der Waals surface area contributed by atoms with Crippen molar-refractivity contribution in [1.82, 2.24) is 0 Å². The number of anilines is 4. The molecule has 4 fully saturated rings. The zero-order valence-corrected chi connectivity index (χ0v) is 26.1. The van der Waals surface area contributed by atoms with Gasteiger partial charge in [-0.3, -0.25) is 18.2 Å². The van der Waals surface area contributed by atoms with Crippen LogP contribution < -0.4 is 25.3 Å². The number of carbonyl (C=O) groups is 2. The minimum atomic E-state index is -0.803. The van der Waals surface area contributed by atoms with E-state index in [1.54, 1.807) is 24.3 Å². The first kappa shape index (κ1) is 32.1. The summed E-state index contributed by atoms with van der Waals surface area (Å²) in [7, 11) is -1.59. The number of carbonyl (C=O) groups excluding carboxylic acids is 2. The zero-order chi connectivity index (χ0) is 31.4. The summed E-state index contributed by atoms with van der Waals surface area (Å²) in [4.78, 5) is 30.2. The van der Waals surface area contributed by atoms with Crippen molar-refractivity contribution in [2.24, 2.45) is 5.73 Å². The van der Waals surface area contributed by atoms with Crippen LogP contribution in [0.1, 0.15) is 13.3 Å². The maximum absolute atomic E-state index is 14.4. The van der Waals surface area contributed by atoms with Gasteiger partial charge >= 0.3 is 12.2 Å². The second kappa shape index (κ2) is 14.2. The average molecular weight is 654 g/mol. The highest BCUT2D eigenvalue weighted by Gasteiger charge is 2.33. The molecule has 4 saturated heterocycles. The quantitative estimate of drug-likeness (QED) is 0.501. The van der Waals surface area contributed by atoms with E-state index in [0.29, 0.717) is 85.0 Å². The number of hydrogen-bond donors (Lipinski definition) is 1. The van der Waals surface area contributed by atoms with E-state index >= 15 is 0 Å². The Hall–Kier alpha value is -3.30. The van der Waals surface area contributed by atoms with E-state index in [1.165, 1.54) is 21.9 Å². The van der Waals surface area contributed by atoms with Gasteiger partial charge in [-0.15, -0.1) is 0 Å². The highest BCUT2D eigenvalue weighted by molar-refractivity contribution is 7.85. The van der Waals surface area contributed by atoms with Crippen molar-refractivity contribution in [2.75, 3.05) is 88.4 Å². The second-order valence-corrected chi connectivity index (χ2v) is 14.2. The van der Waals surface area contributed by atoms with Crippen LogP contribution in [-0.2, 0) is 31.1 Å². The molecule has 4 aliphatic rings. The third-order valence-corrected chi connectivity index (χ3v) is 10.5. The largest absolute Gasteiger partial charge is 0.444 e. The van der Waals surface area contributed by atoms with Crippen LogP contribution in [0.4, 0.5) is 41.1 Å². The van der Waals surface area contributed by atoms with Crippen molar-refractivity contribution in [3.05, 3.63) is 48.0 Å². The minimum Gasteiger partial charge on any atom is -0.444 e. The van der Waals surface area contributed by atoms with Gasteiger partial charge in [0.2, 0.25) is 0 Å². The Morgan fingerprint density at radius 2 is 1.16 bits per heavy atom. The van der Waals surface area contributed by atoms with Crippen LogP contribution in [-0.4, -0.2) is 102 Å². The highest BCUT2D eigenvalue weighted by atomic mass is 32.2. The van der Waals surface area contributed by atoms with Gasteiger partial charge in [0.05, 0.1) is 35.8 Å². The van der Waals surface area contributed by atoms with Gasteiger partial charge in [0, 0.05) is 77.3 Å². The van der Waals surface area contributed by atoms with Crippen LogP contribution in [0.2, 0.25) is 0 Å². The summed E-state index contributed by atoms with van der Waals surface area (Å²) >= 11 is 0. The Balaban J connectivity index is 0.000000175. The van der Waals surface area contributed by atoms with Crippen molar-refractivity contribution in [3.63, 3.8) is 0 Å². The third kappa shape index (κ3) is 7.32. The molecule has 2 N–H and O–H groups in total. The molecular weight excluding hydrogens is 616 g/mol. The smallest absolute Gasteiger partial charge is 0.414 e. The number of cyclic esters (lactones) is 2. The number of nitrogens with zero attached hydrogens (tertiary/aromatic N) is 4. The van der Waals surface area contributed by atoms with Crippen molar-refractivity contribution >= 4 is 56.5 Å². The molecule has 6 rings (SSSR count). The van der Waals surface area contributed by atoms with Gasteiger partial charge in [0.1, 0.15) is 23.8 Å². The molecule has 0 saturated carbocycles. The number of rotatable bonds is 6. The van der Waals surface area contributed by atoms with E-state index in [4.69, 9.17) is 15.2 Å². The maximum atomic E-state index is 14.4. The molecule has 0 aromatic heterocycles. The maximum Gasteiger partial charge on any atom is 0.414 e. The van der Waals surface area contributed by atoms with Crippen LogP contribution in [0.25, 0.3) is 0 Å². The summed E-state index contributed by atoms with van der Waals surface area (Å²) in [5.74, 6) is 1.48. The monoisotopic (exact) mass is 653 g/mol. The molecule has 0 radical (unpaired) electrons. The van der Waals surface area contributed by atoms with Crippen molar-refractivity contribution in [2.45, 2.75) is 25.6 Å². The zero-order valence-electron chi connectivity index (χ0n) is 24.5. The first-order chi connectivity index (χ1) is 21.2. The summed E-state index contributed by atoms with van der Waals surface area (Å²) in [5.41, 5.74) is 7.44. The lowest BCUT2D eigenvalue weighted by atomic mass is 10.2. The molecule has 4 heterocycles. The Bertz CT molecular complexity index is 1310. The predicted molar refractivity (Wildman–Crippen MR) is 168 cm³/mol. The topological polar surface area (TPSA) is 126 Å². The molecule has 0 spiro atoms. The molecule has 11 nitrogen and oxygen atoms in total. The molecule has 2 amide bonds. The van der Waals surface area contributed by atoms with Crippen molar-refractivity contribution < 1.29 is 36.3 Å². The Kier molecular flexibility index (Phi) is 10.4. The fraction of sp³-hybridized carbons (Fsp3) is 0.517. The van der Waals surface area contributed by atoms with Gasteiger partial charge in [-0.1, -0.05) is 6.92 Å². The van der Waals surface area contributed by atoms with Crippen molar-refractivity contribution in [1.29, 1.82) is 0 Å². The fourth-order valence-corrected chi connectivity index (χ4v) is 7.50. The number of nitrogens with two attached hydrogens (primary N) is 1. The molecule has 2 atom stereocenters. The molecule has 4 aliphatic heterocycles. The summed E-state index contributed by atoms with van der Waals surface area (Å²) in [6.07, 6.45) is -0.670. The standard InChI is InChI=1S/C15H19FN2O3S.C14H18FN3O3S/c1-2-12-10-18(15(19)21-12)11-3-4-14(13(16)9-11)17-5-7-22(20)8-6-17;15-12-7-10(18-9-11(8-16)21-14(18)19)1-2-13(12)17-3-5-22(20)6-4-17/h3-4,9,12H,2,5-8,10H2,1H3;1-2,7,11H,3-6,8-9,16H2/t12-;11-/m00/s1. The summed E-state index contributed by atoms with van der Waals surface area (Å²) in [5, 5.41) is 0. The van der Waals surface area contributed by atoms with Crippen LogP contribution in [0.5, 0.6) is 0 Å². The van der Waals surface area contributed by atoms with Gasteiger partial charge in [-0.2, -0.15) is 0 Å². The minimum absolute atomic E-state index is 0.132. The fourth-order valence-electron chi connectivity index (χ4n) is 5.40. The third-order valence-electron chi connectivity index (χ3n) is 7.99. The first-order valence-electron chi connectivity index (χ1n) is 14.6. The lowest BCUT2D eigenvalue weighted by molar-refractivity contribution is 0.139. The molecule has 0 aliphatic carbocycles. The lowest BCUT2D eigenvalue weighted by Gasteiger charge is -2.29. The van der Waals surface area contributed by atoms with Gasteiger partial charge in [-0.05, 0) is 42.8 Å². The first-order valence-corrected chi connectivity index (χ1v) is 17.6. The van der Waals surface area contributed by atoms with E-state index in [1.807, 2.05) is 16.7 Å². The van der Waals surface area contributed by atoms with Gasteiger partial charge in [0.25, 0.3) is 0 Å². The van der Waals surface area contributed by atoms with E-state index < -0.39 is 39.6 Å². The van der Waals surface area contributed by atoms with Gasteiger partial charge < -0.3 is 25.0 Å². The summed E-state index contributed by atoms with van der Waals surface area (Å²) in [6, 6.07) is 9.49. The molecule has 0 bridgehead atoms. The molecular formula is C29H37F2N5O6S2. The second-order valence-electron chi connectivity index (χ2n) is 10.8. The van der Waals surface area contributed by atoms with E-state index in [-0.39, 0.29) is 24.6 Å². The van der Waals surface area contributed by atoms with E-state index in [0.717, 1.165) is 6.42 Å². The van der Waals surface area contributed by atoms with Crippen LogP contribution in [0.3, 0.4) is 0 Å². The molecule has 2 aromatic carbocycles. The molecule has 240 valence electrons. The molecule has 44 heavy (non-hydrogen) atoms. The van der Waals surface area contributed by atoms with Gasteiger partial charge in [0.15, 0.2) is 0 Å². The van der Waals surface area contributed by atoms with Crippen LogP contribution >= 0.6 is 0 Å². The number of halogens is 2. The number of amides is 2. The predicted octanol–water partition coefficient (Wildman–Crippen LogP) is 2.81. The molecule has 0 unspecified atom stereocenters. The summed E-state index contributed by atoms with van der Waals surface area (Å²) in [6.45, 7) is 5.31. The SMILES string of the molecule is CC[C@H]1CN(c2ccc(N3CCS(=O)CC3)c(F)c2)C(=O)O1.NC[C@H]1CN(c2ccc(N3CCS(=O)CC3)c(F)c2)C(=O)O1. The molecule has 2 aromatic rings. The number of benzene rings is 2. The Labute approximate surface area is 260 Å². The number of hydrogen-bond acceptors (Lipinski definition) is 9. The number of ether oxygens (including phenoxy) is 2. The average Bonchev–Trinajstić information content (AvgIpc) is 3.60. The highest BCUT2D eigenvalue weighted by Crippen LogP contribution is 2.30. The van der Waals surface area contributed by atoms with Gasteiger partial charge in [-0.25, -0.2) is 18.4 Å². The van der Waals surface area contributed by atoms with Crippen molar-refractivity contribution in [3.8, 4) is 0 Å². The normalized spacial score (nSPS) is 23.0. The lowest BCUT2D eigenvalue weighted by Crippen LogP contribution is -2.38. The summed E-state index contributed by atoms with van der Waals surface area (Å²) < 4.78 is 61.8. The molecule has 15 heteroatoms.